The van der Waals surface area contributed by atoms with Crippen molar-refractivity contribution in [2.24, 2.45) is 0 Å². The second-order valence-electron chi connectivity index (χ2n) is 11.4. The Labute approximate surface area is 243 Å². The topological polar surface area (TPSA) is 71.8 Å². The minimum atomic E-state index is -3.65. The molecule has 0 aliphatic carbocycles. The maximum Gasteiger partial charge on any atom is 0.255 e. The summed E-state index contributed by atoms with van der Waals surface area (Å²) < 4.78 is 35.8. The normalized spacial score (nSPS) is 14.7. The van der Waals surface area contributed by atoms with E-state index >= 15 is 0 Å². The molecule has 1 fully saturated rings. The number of amides is 1. The Hall–Kier alpha value is -3.88. The summed E-state index contributed by atoms with van der Waals surface area (Å²) in [5, 5.41) is 0. The van der Waals surface area contributed by atoms with E-state index in [-0.39, 0.29) is 29.3 Å². The maximum absolute atomic E-state index is 13.8. The molecule has 8 heteroatoms. The first kappa shape index (κ1) is 28.6. The molecule has 0 radical (unpaired) electrons. The number of sulfonamides is 1. The third-order valence-corrected chi connectivity index (χ3v) is 9.65. The standard InChI is InChI=1S/C33H37N3O4S/c1-24-30(23-31(25-10-9-13-28(22-25)40-5)36(24)27-11-7-6-8-12-27)32(37)34-18-20-35(21-19-34)41(38,39)29-16-14-26(15-17-29)33(2,3)4/h6-17,22-23H,18-21H2,1-5H3. The van der Waals surface area contributed by atoms with Crippen molar-refractivity contribution >= 4 is 15.9 Å². The number of aromatic nitrogens is 1. The predicted octanol–water partition coefficient (Wildman–Crippen LogP) is 5.91. The molecule has 3 aromatic carbocycles. The van der Waals surface area contributed by atoms with Gasteiger partial charge in [0.2, 0.25) is 10.0 Å². The van der Waals surface area contributed by atoms with Crippen LogP contribution in [0.25, 0.3) is 16.9 Å². The van der Waals surface area contributed by atoms with Gasteiger partial charge >= 0.3 is 0 Å². The minimum Gasteiger partial charge on any atom is -0.497 e. The van der Waals surface area contributed by atoms with Gasteiger partial charge in [0.15, 0.2) is 0 Å². The van der Waals surface area contributed by atoms with Gasteiger partial charge in [0.05, 0.1) is 23.3 Å². The Balaban J connectivity index is 1.39. The monoisotopic (exact) mass is 571 g/mol. The number of nitrogens with zero attached hydrogens (tertiary/aromatic N) is 3. The molecular formula is C33H37N3O4S. The first-order valence-electron chi connectivity index (χ1n) is 13.8. The molecule has 0 N–H and O–H groups in total. The smallest absolute Gasteiger partial charge is 0.255 e. The number of carbonyl (C=O) groups is 1. The average molecular weight is 572 g/mol. The van der Waals surface area contributed by atoms with E-state index in [4.69, 9.17) is 4.74 Å². The molecule has 0 atom stereocenters. The van der Waals surface area contributed by atoms with Crippen molar-refractivity contribution in [1.29, 1.82) is 0 Å². The summed E-state index contributed by atoms with van der Waals surface area (Å²) in [4.78, 5) is 15.9. The SMILES string of the molecule is COc1cccc(-c2cc(C(=O)N3CCN(S(=O)(=O)c4ccc(C(C)(C)C)cc4)CC3)c(C)n2-c2ccccc2)c1. The van der Waals surface area contributed by atoms with Crippen molar-refractivity contribution in [3.63, 3.8) is 0 Å². The Kier molecular flexibility index (Phi) is 7.81. The number of para-hydroxylation sites is 1. The van der Waals surface area contributed by atoms with Crippen LogP contribution in [0.1, 0.15) is 42.4 Å². The van der Waals surface area contributed by atoms with Crippen LogP contribution in [-0.2, 0) is 15.4 Å². The third kappa shape index (κ3) is 5.67. The van der Waals surface area contributed by atoms with Crippen molar-refractivity contribution in [3.8, 4) is 22.7 Å². The van der Waals surface area contributed by atoms with Gasteiger partial charge in [-0.25, -0.2) is 8.42 Å². The van der Waals surface area contributed by atoms with Gasteiger partial charge in [-0.3, -0.25) is 4.79 Å². The van der Waals surface area contributed by atoms with E-state index in [0.29, 0.717) is 18.7 Å². The fourth-order valence-electron chi connectivity index (χ4n) is 5.31. The number of hydrogen-bond acceptors (Lipinski definition) is 4. The molecule has 0 spiro atoms. The quantitative estimate of drug-likeness (QED) is 0.289. The largest absolute Gasteiger partial charge is 0.497 e. The van der Waals surface area contributed by atoms with Crippen LogP contribution >= 0.6 is 0 Å². The molecule has 41 heavy (non-hydrogen) atoms. The lowest BCUT2D eigenvalue weighted by Gasteiger charge is -2.34. The summed E-state index contributed by atoms with van der Waals surface area (Å²) in [6, 6.07) is 26.8. The average Bonchev–Trinajstić information content (AvgIpc) is 3.33. The summed E-state index contributed by atoms with van der Waals surface area (Å²) in [7, 11) is -2.01. The lowest BCUT2D eigenvalue weighted by molar-refractivity contribution is 0.0697. The van der Waals surface area contributed by atoms with Crippen molar-refractivity contribution in [2.45, 2.75) is 38.0 Å². The summed E-state index contributed by atoms with van der Waals surface area (Å²) >= 11 is 0. The van der Waals surface area contributed by atoms with Gasteiger partial charge in [-0.05, 0) is 60.4 Å². The number of methoxy groups -OCH3 is 1. The molecule has 1 aromatic heterocycles. The van der Waals surface area contributed by atoms with Crippen LogP contribution in [0.4, 0.5) is 0 Å². The van der Waals surface area contributed by atoms with Gasteiger partial charge in [0.1, 0.15) is 5.75 Å². The van der Waals surface area contributed by atoms with Gasteiger partial charge < -0.3 is 14.2 Å². The van der Waals surface area contributed by atoms with Crippen molar-refractivity contribution in [3.05, 3.63) is 102 Å². The molecular weight excluding hydrogens is 534 g/mol. The number of carbonyl (C=O) groups excluding carboxylic acids is 1. The zero-order chi connectivity index (χ0) is 29.4. The van der Waals surface area contributed by atoms with Crippen LogP contribution in [0, 0.1) is 6.92 Å². The minimum absolute atomic E-state index is 0.0572. The molecule has 5 rings (SSSR count). The zero-order valence-electron chi connectivity index (χ0n) is 24.3. The van der Waals surface area contributed by atoms with Crippen LogP contribution in [0.15, 0.2) is 89.8 Å². The Bertz CT molecular complexity index is 1650. The van der Waals surface area contributed by atoms with E-state index in [2.05, 4.69) is 25.3 Å². The van der Waals surface area contributed by atoms with Crippen LogP contribution in [-0.4, -0.2) is 61.4 Å². The van der Waals surface area contributed by atoms with Gasteiger partial charge in [0, 0.05) is 43.1 Å². The molecule has 214 valence electrons. The zero-order valence-corrected chi connectivity index (χ0v) is 25.1. The summed E-state index contributed by atoms with van der Waals surface area (Å²) in [6.45, 7) is 9.38. The molecule has 1 aliphatic heterocycles. The highest BCUT2D eigenvalue weighted by Gasteiger charge is 2.32. The predicted molar refractivity (Wildman–Crippen MR) is 162 cm³/mol. The molecule has 4 aromatic rings. The van der Waals surface area contributed by atoms with E-state index in [9.17, 15) is 13.2 Å². The molecule has 1 amide bonds. The first-order valence-corrected chi connectivity index (χ1v) is 15.3. The summed E-state index contributed by atoms with van der Waals surface area (Å²) in [5.74, 6) is 0.632. The van der Waals surface area contributed by atoms with E-state index in [1.165, 1.54) is 4.31 Å². The van der Waals surface area contributed by atoms with E-state index in [1.54, 1.807) is 24.1 Å². The lowest BCUT2D eigenvalue weighted by Crippen LogP contribution is -2.50. The van der Waals surface area contributed by atoms with Crippen LogP contribution in [0.2, 0.25) is 0 Å². The first-order chi connectivity index (χ1) is 19.5. The van der Waals surface area contributed by atoms with E-state index < -0.39 is 10.0 Å². The molecule has 7 nitrogen and oxygen atoms in total. The van der Waals surface area contributed by atoms with Crippen molar-refractivity contribution in [1.82, 2.24) is 13.8 Å². The lowest BCUT2D eigenvalue weighted by atomic mass is 9.87. The third-order valence-electron chi connectivity index (χ3n) is 7.74. The fraction of sp³-hybridized carbons (Fsp3) is 0.303. The number of benzene rings is 3. The number of ether oxygens (including phenoxy) is 1. The molecule has 0 unspecified atom stereocenters. The highest BCUT2D eigenvalue weighted by Crippen LogP contribution is 2.32. The number of hydrogen-bond donors (Lipinski definition) is 0. The number of rotatable bonds is 6. The van der Waals surface area contributed by atoms with Gasteiger partial charge in [0.25, 0.3) is 5.91 Å². The maximum atomic E-state index is 13.8. The van der Waals surface area contributed by atoms with E-state index in [0.717, 1.165) is 34.0 Å². The molecule has 2 heterocycles. The van der Waals surface area contributed by atoms with Crippen molar-refractivity contribution in [2.75, 3.05) is 33.3 Å². The summed E-state index contributed by atoms with van der Waals surface area (Å²) in [5.41, 5.74) is 5.22. The van der Waals surface area contributed by atoms with Gasteiger partial charge in [-0.1, -0.05) is 63.2 Å². The van der Waals surface area contributed by atoms with Gasteiger partial charge in [-0.15, -0.1) is 0 Å². The molecule has 0 bridgehead atoms. The summed E-state index contributed by atoms with van der Waals surface area (Å²) in [6.07, 6.45) is 0. The molecule has 0 saturated carbocycles. The number of piperazine rings is 1. The Morgan fingerprint density at radius 3 is 2.10 bits per heavy atom. The highest BCUT2D eigenvalue weighted by atomic mass is 32.2. The van der Waals surface area contributed by atoms with Crippen molar-refractivity contribution < 1.29 is 17.9 Å². The van der Waals surface area contributed by atoms with Gasteiger partial charge in [-0.2, -0.15) is 4.31 Å². The molecule has 1 saturated heterocycles. The van der Waals surface area contributed by atoms with Crippen LogP contribution in [0.5, 0.6) is 5.75 Å². The Morgan fingerprint density at radius 2 is 1.49 bits per heavy atom. The van der Waals surface area contributed by atoms with Crippen LogP contribution in [0.3, 0.4) is 0 Å². The fourth-order valence-corrected chi connectivity index (χ4v) is 6.73. The van der Waals surface area contributed by atoms with E-state index in [1.807, 2.05) is 79.7 Å². The Morgan fingerprint density at radius 1 is 0.829 bits per heavy atom. The van der Waals surface area contributed by atoms with Crippen LogP contribution < -0.4 is 4.74 Å². The molecule has 1 aliphatic rings. The second kappa shape index (κ2) is 11.2. The highest BCUT2D eigenvalue weighted by molar-refractivity contribution is 7.89. The second-order valence-corrected chi connectivity index (χ2v) is 13.3.